The predicted molar refractivity (Wildman–Crippen MR) is 99.6 cm³/mol. The van der Waals surface area contributed by atoms with Gasteiger partial charge in [0.2, 0.25) is 0 Å². The van der Waals surface area contributed by atoms with Gasteiger partial charge in [-0.3, -0.25) is 4.79 Å². The molecule has 0 radical (unpaired) electrons. The zero-order chi connectivity index (χ0) is 17.6. The van der Waals surface area contributed by atoms with Gasteiger partial charge in [-0.15, -0.1) is 0 Å². The van der Waals surface area contributed by atoms with Crippen LogP contribution in [0.4, 0.5) is 0 Å². The van der Waals surface area contributed by atoms with Crippen LogP contribution in [0.5, 0.6) is 0 Å². The van der Waals surface area contributed by atoms with Crippen LogP contribution in [0.25, 0.3) is 11.0 Å². The molecule has 0 saturated carbocycles. The van der Waals surface area contributed by atoms with Crippen LogP contribution >= 0.6 is 0 Å². The molecule has 1 amide bonds. The Bertz CT molecular complexity index is 927. The number of fused-ring (bicyclic) bond motifs is 1. The molecule has 0 spiro atoms. The molecule has 25 heavy (non-hydrogen) atoms. The van der Waals surface area contributed by atoms with Gasteiger partial charge < -0.3 is 9.47 Å². The summed E-state index contributed by atoms with van der Waals surface area (Å²) in [6.45, 7) is 6.03. The van der Waals surface area contributed by atoms with Gasteiger partial charge in [-0.1, -0.05) is 44.2 Å². The Morgan fingerprint density at radius 2 is 1.92 bits per heavy atom. The molecule has 2 heterocycles. The monoisotopic (exact) mass is 333 g/mol. The van der Waals surface area contributed by atoms with Gasteiger partial charge in [0, 0.05) is 31.6 Å². The molecular formula is C21H23N3O. The maximum Gasteiger partial charge on any atom is 0.253 e. The molecule has 0 bridgehead atoms. The zero-order valence-electron chi connectivity index (χ0n) is 14.9. The number of imidazole rings is 1. The highest BCUT2D eigenvalue weighted by molar-refractivity contribution is 5.97. The Morgan fingerprint density at radius 3 is 2.68 bits per heavy atom. The fraction of sp³-hybridized carbons (Fsp3) is 0.333. The molecule has 1 fully saturated rings. The summed E-state index contributed by atoms with van der Waals surface area (Å²) < 4.78 is 1.97. The van der Waals surface area contributed by atoms with E-state index in [0.717, 1.165) is 29.7 Å². The normalized spacial score (nSPS) is 19.5. The summed E-state index contributed by atoms with van der Waals surface area (Å²) in [5.74, 6) is 0.454. The second-order valence-corrected chi connectivity index (χ2v) is 7.70. The van der Waals surface area contributed by atoms with Crippen LogP contribution < -0.4 is 0 Å². The number of carbonyl (C=O) groups excluding carboxylic acids is 1. The standard InChI is InChI=1S/C21H23N3O/c1-21(2)13-24(12-17(21)15-7-5-4-6-8-15)20(25)16-9-10-19-18(11-16)22-14-23(19)3/h4-11,14,17H,12-13H2,1-3H3/t17-/m1/s1. The van der Waals surface area contributed by atoms with Crippen molar-refractivity contribution in [3.05, 3.63) is 66.0 Å². The summed E-state index contributed by atoms with van der Waals surface area (Å²) >= 11 is 0. The molecule has 1 atom stereocenters. The predicted octanol–water partition coefficient (Wildman–Crippen LogP) is 3.84. The molecule has 1 aromatic heterocycles. The van der Waals surface area contributed by atoms with Gasteiger partial charge in [-0.25, -0.2) is 4.98 Å². The molecule has 1 aliphatic rings. The van der Waals surface area contributed by atoms with Gasteiger partial charge in [0.25, 0.3) is 5.91 Å². The van der Waals surface area contributed by atoms with E-state index >= 15 is 0 Å². The van der Waals surface area contributed by atoms with Crippen LogP contribution in [0.3, 0.4) is 0 Å². The molecule has 0 aliphatic carbocycles. The topological polar surface area (TPSA) is 38.1 Å². The van der Waals surface area contributed by atoms with Crippen LogP contribution in [0.2, 0.25) is 0 Å². The van der Waals surface area contributed by atoms with E-state index in [1.54, 1.807) is 6.33 Å². The van der Waals surface area contributed by atoms with Crippen molar-refractivity contribution in [3.8, 4) is 0 Å². The van der Waals surface area contributed by atoms with Crippen LogP contribution in [0, 0.1) is 5.41 Å². The van der Waals surface area contributed by atoms with E-state index in [0.29, 0.717) is 5.92 Å². The molecule has 3 aromatic rings. The number of carbonyl (C=O) groups is 1. The van der Waals surface area contributed by atoms with Gasteiger partial charge in [-0.2, -0.15) is 0 Å². The van der Waals surface area contributed by atoms with Crippen LogP contribution in [0.15, 0.2) is 54.9 Å². The minimum Gasteiger partial charge on any atom is -0.337 e. The van der Waals surface area contributed by atoms with Crippen molar-refractivity contribution in [1.29, 1.82) is 0 Å². The summed E-state index contributed by atoms with van der Waals surface area (Å²) in [4.78, 5) is 19.4. The second kappa shape index (κ2) is 5.73. The highest BCUT2D eigenvalue weighted by Crippen LogP contribution is 2.42. The number of nitrogens with zero attached hydrogens (tertiary/aromatic N) is 3. The molecule has 0 N–H and O–H groups in total. The van der Waals surface area contributed by atoms with Crippen LogP contribution in [0.1, 0.15) is 35.7 Å². The second-order valence-electron chi connectivity index (χ2n) is 7.70. The molecule has 128 valence electrons. The average Bonchev–Trinajstić information content (AvgIpc) is 3.14. The minimum absolute atomic E-state index is 0.0616. The summed E-state index contributed by atoms with van der Waals surface area (Å²) in [5, 5.41) is 0. The summed E-state index contributed by atoms with van der Waals surface area (Å²) in [6, 6.07) is 16.3. The van der Waals surface area contributed by atoms with Crippen molar-refractivity contribution in [2.45, 2.75) is 19.8 Å². The third-order valence-corrected chi connectivity index (χ3v) is 5.41. The molecule has 1 saturated heterocycles. The third-order valence-electron chi connectivity index (χ3n) is 5.41. The van der Waals surface area contributed by atoms with Gasteiger partial charge in [0.05, 0.1) is 17.4 Å². The molecular weight excluding hydrogens is 310 g/mol. The Morgan fingerprint density at radius 1 is 1.16 bits per heavy atom. The number of rotatable bonds is 2. The summed E-state index contributed by atoms with van der Waals surface area (Å²) in [6.07, 6.45) is 1.78. The van der Waals surface area contributed by atoms with Gasteiger partial charge >= 0.3 is 0 Å². The summed E-state index contributed by atoms with van der Waals surface area (Å²) in [5.41, 5.74) is 4.00. The lowest BCUT2D eigenvalue weighted by atomic mass is 9.78. The number of hydrogen-bond donors (Lipinski definition) is 0. The lowest BCUT2D eigenvalue weighted by molar-refractivity contribution is 0.0778. The summed E-state index contributed by atoms with van der Waals surface area (Å²) in [7, 11) is 1.96. The maximum atomic E-state index is 13.1. The number of aromatic nitrogens is 2. The number of amides is 1. The largest absolute Gasteiger partial charge is 0.337 e. The van der Waals surface area contributed by atoms with E-state index < -0.39 is 0 Å². The first-order chi connectivity index (χ1) is 12.0. The van der Waals surface area contributed by atoms with Crippen molar-refractivity contribution in [3.63, 3.8) is 0 Å². The highest BCUT2D eigenvalue weighted by atomic mass is 16.2. The van der Waals surface area contributed by atoms with Crippen molar-refractivity contribution >= 4 is 16.9 Å². The Labute approximate surface area is 148 Å². The molecule has 4 rings (SSSR count). The highest BCUT2D eigenvalue weighted by Gasteiger charge is 2.42. The fourth-order valence-corrected chi connectivity index (χ4v) is 3.98. The van der Waals surface area contributed by atoms with Crippen LogP contribution in [-0.2, 0) is 7.05 Å². The molecule has 4 heteroatoms. The number of likely N-dealkylation sites (tertiary alicyclic amines) is 1. The van der Waals surface area contributed by atoms with E-state index in [2.05, 4.69) is 43.1 Å². The number of aryl methyl sites for hydroxylation is 1. The molecule has 0 unspecified atom stereocenters. The van der Waals surface area contributed by atoms with Crippen molar-refractivity contribution < 1.29 is 4.79 Å². The fourth-order valence-electron chi connectivity index (χ4n) is 3.98. The first kappa shape index (κ1) is 15.9. The average molecular weight is 333 g/mol. The smallest absolute Gasteiger partial charge is 0.253 e. The SMILES string of the molecule is Cn1cnc2cc(C(=O)N3C[C@H](c4ccccc4)C(C)(C)C3)ccc21. The Kier molecular flexibility index (Phi) is 3.64. The van der Waals surface area contributed by atoms with E-state index in [1.165, 1.54) is 5.56 Å². The maximum absolute atomic E-state index is 13.1. The zero-order valence-corrected chi connectivity index (χ0v) is 14.9. The Balaban J connectivity index is 1.62. The van der Waals surface area contributed by atoms with Gasteiger partial charge in [0.1, 0.15) is 0 Å². The first-order valence-corrected chi connectivity index (χ1v) is 8.71. The van der Waals surface area contributed by atoms with Crippen LogP contribution in [-0.4, -0.2) is 33.4 Å². The third kappa shape index (κ3) is 2.72. The lowest BCUT2D eigenvalue weighted by Gasteiger charge is -2.25. The van der Waals surface area contributed by atoms with Crippen molar-refractivity contribution in [2.24, 2.45) is 12.5 Å². The number of benzene rings is 2. The first-order valence-electron chi connectivity index (χ1n) is 8.71. The quantitative estimate of drug-likeness (QED) is 0.715. The van der Waals surface area contributed by atoms with Gasteiger partial charge in [-0.05, 0) is 29.2 Å². The van der Waals surface area contributed by atoms with E-state index in [1.807, 2.05) is 40.8 Å². The van der Waals surface area contributed by atoms with Gasteiger partial charge in [0.15, 0.2) is 0 Å². The lowest BCUT2D eigenvalue weighted by Crippen LogP contribution is -2.30. The van der Waals surface area contributed by atoms with Crippen molar-refractivity contribution in [2.75, 3.05) is 13.1 Å². The molecule has 2 aromatic carbocycles. The van der Waals surface area contributed by atoms with E-state index in [4.69, 9.17) is 0 Å². The Hall–Kier alpha value is -2.62. The van der Waals surface area contributed by atoms with E-state index in [9.17, 15) is 4.79 Å². The van der Waals surface area contributed by atoms with Crippen molar-refractivity contribution in [1.82, 2.24) is 14.5 Å². The molecule has 4 nitrogen and oxygen atoms in total. The minimum atomic E-state index is 0.0616. The number of hydrogen-bond acceptors (Lipinski definition) is 2. The van der Waals surface area contributed by atoms with E-state index in [-0.39, 0.29) is 11.3 Å². The molecule has 1 aliphatic heterocycles.